The molecule has 0 aliphatic heterocycles. The van der Waals surface area contributed by atoms with Crippen molar-refractivity contribution in [3.8, 4) is 0 Å². The summed E-state index contributed by atoms with van der Waals surface area (Å²) in [6.07, 6.45) is 3.98. The maximum atomic E-state index is 12.1. The Balaban J connectivity index is 2.70. The minimum Gasteiger partial charge on any atom is -0.468 e. The Labute approximate surface area is 124 Å². The van der Waals surface area contributed by atoms with Crippen molar-refractivity contribution in [3.63, 3.8) is 0 Å². The Morgan fingerprint density at radius 1 is 1.45 bits per heavy atom. The Hall–Kier alpha value is -0.610. The number of nitrogens with one attached hydrogen (secondary N) is 1. The van der Waals surface area contributed by atoms with Crippen LogP contribution in [0, 0.1) is 5.92 Å². The van der Waals surface area contributed by atoms with Crippen molar-refractivity contribution < 1.29 is 9.53 Å². The number of carbonyl (C=O) groups is 1. The van der Waals surface area contributed by atoms with Gasteiger partial charge >= 0.3 is 5.97 Å². The van der Waals surface area contributed by atoms with Gasteiger partial charge in [-0.25, -0.2) is 0 Å². The second-order valence-electron chi connectivity index (χ2n) is 6.64. The monoisotopic (exact) mass is 284 g/mol. The molecular formula is C16H32N2O2. The predicted octanol–water partition coefficient (Wildman–Crippen LogP) is 2.43. The van der Waals surface area contributed by atoms with Gasteiger partial charge in [-0.05, 0) is 52.1 Å². The average Bonchev–Trinajstić information content (AvgIpc) is 2.82. The first-order chi connectivity index (χ1) is 9.36. The minimum absolute atomic E-state index is 0.105. The lowest BCUT2D eigenvalue weighted by molar-refractivity contribution is -0.148. The second kappa shape index (κ2) is 7.41. The Kier molecular flexibility index (Phi) is 6.46. The molecule has 0 saturated heterocycles. The summed E-state index contributed by atoms with van der Waals surface area (Å²) >= 11 is 0. The summed E-state index contributed by atoms with van der Waals surface area (Å²) in [5.41, 5.74) is -0.472. The zero-order valence-corrected chi connectivity index (χ0v) is 14.0. The van der Waals surface area contributed by atoms with E-state index in [1.165, 1.54) is 13.5 Å². The van der Waals surface area contributed by atoms with E-state index in [1.54, 1.807) is 0 Å². The number of rotatable bonds is 7. The molecule has 4 nitrogen and oxygen atoms in total. The van der Waals surface area contributed by atoms with Gasteiger partial charge in [-0.1, -0.05) is 20.8 Å². The lowest BCUT2D eigenvalue weighted by Gasteiger charge is -2.33. The van der Waals surface area contributed by atoms with Crippen molar-refractivity contribution >= 4 is 5.97 Å². The van der Waals surface area contributed by atoms with Gasteiger partial charge in [0.15, 0.2) is 0 Å². The molecule has 0 heterocycles. The standard InChI is InChI=1S/C16H32N2O2/c1-7-17-16(15(19)20-6)9-8-14(11-16)18(5)13(4)10-12(2)3/h12-14,17H,7-11H2,1-6H3. The number of methoxy groups -OCH3 is 1. The van der Waals surface area contributed by atoms with Gasteiger partial charge in [0.05, 0.1) is 7.11 Å². The smallest absolute Gasteiger partial charge is 0.326 e. The van der Waals surface area contributed by atoms with E-state index in [-0.39, 0.29) is 5.97 Å². The first-order valence-corrected chi connectivity index (χ1v) is 7.91. The maximum Gasteiger partial charge on any atom is 0.326 e. The van der Waals surface area contributed by atoms with Gasteiger partial charge in [0, 0.05) is 12.1 Å². The molecule has 1 aliphatic rings. The highest BCUT2D eigenvalue weighted by molar-refractivity contribution is 5.81. The van der Waals surface area contributed by atoms with Crippen LogP contribution in [0.3, 0.4) is 0 Å². The third-order valence-electron chi connectivity index (χ3n) is 4.66. The van der Waals surface area contributed by atoms with E-state index in [1.807, 2.05) is 6.92 Å². The molecule has 0 aromatic rings. The summed E-state index contributed by atoms with van der Waals surface area (Å²) < 4.78 is 5.02. The summed E-state index contributed by atoms with van der Waals surface area (Å²) in [6, 6.07) is 1.01. The first-order valence-electron chi connectivity index (χ1n) is 7.91. The molecule has 1 saturated carbocycles. The number of carbonyl (C=O) groups excluding carboxylic acids is 1. The predicted molar refractivity (Wildman–Crippen MR) is 82.7 cm³/mol. The number of likely N-dealkylation sites (N-methyl/N-ethyl adjacent to an activating group) is 1. The molecule has 1 fully saturated rings. The van der Waals surface area contributed by atoms with Gasteiger partial charge in [-0.15, -0.1) is 0 Å². The van der Waals surface area contributed by atoms with Crippen LogP contribution in [0.1, 0.15) is 53.4 Å². The van der Waals surface area contributed by atoms with E-state index in [9.17, 15) is 4.79 Å². The van der Waals surface area contributed by atoms with E-state index in [0.29, 0.717) is 18.0 Å². The molecule has 0 spiro atoms. The topological polar surface area (TPSA) is 41.6 Å². The molecular weight excluding hydrogens is 252 g/mol. The second-order valence-corrected chi connectivity index (χ2v) is 6.64. The molecule has 0 aromatic carbocycles. The molecule has 0 bridgehead atoms. The maximum absolute atomic E-state index is 12.1. The van der Waals surface area contributed by atoms with Crippen molar-refractivity contribution in [2.24, 2.45) is 5.92 Å². The molecule has 3 atom stereocenters. The van der Waals surface area contributed by atoms with E-state index in [2.05, 4.69) is 38.0 Å². The molecule has 0 radical (unpaired) electrons. The van der Waals surface area contributed by atoms with Crippen LogP contribution in [-0.4, -0.2) is 49.2 Å². The SMILES string of the molecule is CCNC1(C(=O)OC)CCC(N(C)C(C)CC(C)C)C1. The molecule has 0 aromatic heterocycles. The van der Waals surface area contributed by atoms with E-state index in [0.717, 1.165) is 25.8 Å². The average molecular weight is 284 g/mol. The van der Waals surface area contributed by atoms with Crippen LogP contribution in [0.2, 0.25) is 0 Å². The van der Waals surface area contributed by atoms with Gasteiger partial charge < -0.3 is 15.0 Å². The summed E-state index contributed by atoms with van der Waals surface area (Å²) in [5.74, 6) is 0.597. The number of hydrogen-bond donors (Lipinski definition) is 1. The van der Waals surface area contributed by atoms with Crippen LogP contribution in [0.4, 0.5) is 0 Å². The highest BCUT2D eigenvalue weighted by Crippen LogP contribution is 2.35. The Morgan fingerprint density at radius 3 is 2.60 bits per heavy atom. The number of ether oxygens (including phenoxy) is 1. The van der Waals surface area contributed by atoms with Crippen molar-refractivity contribution in [1.82, 2.24) is 10.2 Å². The largest absolute Gasteiger partial charge is 0.468 e. The fourth-order valence-corrected chi connectivity index (χ4v) is 3.53. The minimum atomic E-state index is -0.472. The van der Waals surface area contributed by atoms with E-state index in [4.69, 9.17) is 4.74 Å². The Morgan fingerprint density at radius 2 is 2.10 bits per heavy atom. The van der Waals surface area contributed by atoms with Gasteiger partial charge in [0.2, 0.25) is 0 Å². The van der Waals surface area contributed by atoms with E-state index >= 15 is 0 Å². The fraction of sp³-hybridized carbons (Fsp3) is 0.938. The molecule has 1 N–H and O–H groups in total. The van der Waals surface area contributed by atoms with Crippen LogP contribution in [-0.2, 0) is 9.53 Å². The van der Waals surface area contributed by atoms with Crippen molar-refractivity contribution in [2.45, 2.75) is 71.0 Å². The number of nitrogens with zero attached hydrogens (tertiary/aromatic N) is 1. The number of hydrogen-bond acceptors (Lipinski definition) is 4. The van der Waals surface area contributed by atoms with Gasteiger partial charge in [0.25, 0.3) is 0 Å². The Bertz CT molecular complexity index is 320. The fourth-order valence-electron chi connectivity index (χ4n) is 3.53. The van der Waals surface area contributed by atoms with Crippen LogP contribution in [0.5, 0.6) is 0 Å². The van der Waals surface area contributed by atoms with Crippen LogP contribution in [0.25, 0.3) is 0 Å². The van der Waals surface area contributed by atoms with E-state index < -0.39 is 5.54 Å². The zero-order valence-electron chi connectivity index (χ0n) is 14.0. The highest BCUT2D eigenvalue weighted by Gasteiger charge is 2.47. The van der Waals surface area contributed by atoms with Crippen LogP contribution >= 0.6 is 0 Å². The summed E-state index contributed by atoms with van der Waals surface area (Å²) in [5, 5.41) is 3.37. The summed E-state index contributed by atoms with van der Waals surface area (Å²) in [4.78, 5) is 14.6. The third kappa shape index (κ3) is 3.95. The molecule has 0 amide bonds. The van der Waals surface area contributed by atoms with Crippen molar-refractivity contribution in [3.05, 3.63) is 0 Å². The summed E-state index contributed by atoms with van der Waals surface area (Å²) in [7, 11) is 3.68. The molecule has 3 unspecified atom stereocenters. The molecule has 4 heteroatoms. The quantitative estimate of drug-likeness (QED) is 0.729. The lowest BCUT2D eigenvalue weighted by atomic mass is 9.96. The van der Waals surface area contributed by atoms with Crippen molar-refractivity contribution in [2.75, 3.05) is 20.7 Å². The summed E-state index contributed by atoms with van der Waals surface area (Å²) in [6.45, 7) is 9.65. The molecule has 1 aliphatic carbocycles. The van der Waals surface area contributed by atoms with Crippen LogP contribution in [0.15, 0.2) is 0 Å². The first kappa shape index (κ1) is 17.4. The third-order valence-corrected chi connectivity index (χ3v) is 4.66. The number of esters is 1. The van der Waals surface area contributed by atoms with Crippen molar-refractivity contribution in [1.29, 1.82) is 0 Å². The van der Waals surface area contributed by atoms with Gasteiger partial charge in [0.1, 0.15) is 5.54 Å². The molecule has 1 rings (SSSR count). The molecule has 20 heavy (non-hydrogen) atoms. The van der Waals surface area contributed by atoms with Crippen LogP contribution < -0.4 is 5.32 Å². The molecule has 118 valence electrons. The highest BCUT2D eigenvalue weighted by atomic mass is 16.5. The normalized spacial score (nSPS) is 28.1. The van der Waals surface area contributed by atoms with Gasteiger partial charge in [-0.3, -0.25) is 4.79 Å². The lowest BCUT2D eigenvalue weighted by Crippen LogP contribution is -2.52. The zero-order chi connectivity index (χ0) is 15.3. The van der Waals surface area contributed by atoms with Gasteiger partial charge in [-0.2, -0.15) is 0 Å².